The van der Waals surface area contributed by atoms with Crippen LogP contribution in [-0.4, -0.2) is 32.7 Å². The van der Waals surface area contributed by atoms with Gasteiger partial charge in [-0.05, 0) is 11.1 Å². The zero-order chi connectivity index (χ0) is 15.3. The van der Waals surface area contributed by atoms with Crippen molar-refractivity contribution in [3.8, 4) is 6.07 Å². The summed E-state index contributed by atoms with van der Waals surface area (Å²) in [6.45, 7) is -0.315. The van der Waals surface area contributed by atoms with E-state index in [2.05, 4.69) is 0 Å². The van der Waals surface area contributed by atoms with E-state index in [0.29, 0.717) is 0 Å². The first-order valence-corrected chi connectivity index (χ1v) is 7.21. The van der Waals surface area contributed by atoms with Crippen molar-refractivity contribution in [3.05, 3.63) is 35.4 Å². The number of nitriles is 1. The molecule has 0 saturated heterocycles. The Morgan fingerprint density at radius 2 is 2.00 bits per heavy atom. The van der Waals surface area contributed by atoms with Crippen molar-refractivity contribution in [2.24, 2.45) is 0 Å². The average molecular weight is 306 g/mol. The van der Waals surface area contributed by atoms with Gasteiger partial charge in [-0.2, -0.15) is 9.57 Å². The lowest BCUT2D eigenvalue weighted by Gasteiger charge is -2.14. The minimum absolute atomic E-state index is 0.190. The van der Waals surface area contributed by atoms with Crippen molar-refractivity contribution >= 4 is 10.0 Å². The summed E-state index contributed by atoms with van der Waals surface area (Å²) in [5.74, 6) is -0.477. The molecular formula is C12H13F3N2O2S. The van der Waals surface area contributed by atoms with Gasteiger partial charge in [0, 0.05) is 7.05 Å². The van der Waals surface area contributed by atoms with E-state index in [-0.39, 0.29) is 17.7 Å². The molecule has 0 spiro atoms. The number of nitrogens with zero attached hydrogens (tertiary/aromatic N) is 2. The van der Waals surface area contributed by atoms with Crippen LogP contribution in [0.2, 0.25) is 0 Å². The second-order valence-electron chi connectivity index (χ2n) is 4.15. The van der Waals surface area contributed by atoms with Gasteiger partial charge in [0.25, 0.3) is 6.43 Å². The fraction of sp³-hybridized carbons (Fsp3) is 0.417. The molecule has 0 aliphatic carbocycles. The van der Waals surface area contributed by atoms with Crippen LogP contribution in [-0.2, 0) is 15.8 Å². The number of sulfonamides is 1. The van der Waals surface area contributed by atoms with E-state index in [9.17, 15) is 21.6 Å². The van der Waals surface area contributed by atoms with E-state index in [1.54, 1.807) is 6.07 Å². The van der Waals surface area contributed by atoms with Crippen LogP contribution in [0, 0.1) is 11.3 Å². The van der Waals surface area contributed by atoms with Gasteiger partial charge in [-0.3, -0.25) is 0 Å². The summed E-state index contributed by atoms with van der Waals surface area (Å²) in [4.78, 5) is 0. The summed E-state index contributed by atoms with van der Waals surface area (Å²) >= 11 is 0. The summed E-state index contributed by atoms with van der Waals surface area (Å²) in [7, 11) is -2.50. The molecule has 0 radical (unpaired) electrons. The van der Waals surface area contributed by atoms with Crippen LogP contribution in [0.5, 0.6) is 0 Å². The van der Waals surface area contributed by atoms with Crippen molar-refractivity contribution in [2.45, 2.75) is 18.3 Å². The van der Waals surface area contributed by atoms with Crippen LogP contribution >= 0.6 is 0 Å². The van der Waals surface area contributed by atoms with E-state index in [1.165, 1.54) is 25.2 Å². The summed E-state index contributed by atoms with van der Waals surface area (Å²) in [6.07, 6.45) is -5.61. The highest BCUT2D eigenvalue weighted by atomic mass is 32.2. The number of hydrogen-bond donors (Lipinski definition) is 0. The molecule has 1 atom stereocenters. The van der Waals surface area contributed by atoms with Crippen molar-refractivity contribution in [1.29, 1.82) is 5.26 Å². The highest BCUT2D eigenvalue weighted by Gasteiger charge is 2.23. The van der Waals surface area contributed by atoms with E-state index < -0.39 is 28.4 Å². The molecule has 0 bridgehead atoms. The third-order valence-electron chi connectivity index (χ3n) is 2.61. The van der Waals surface area contributed by atoms with Gasteiger partial charge in [0.2, 0.25) is 10.0 Å². The zero-order valence-electron chi connectivity index (χ0n) is 10.6. The lowest BCUT2D eigenvalue weighted by molar-refractivity contribution is 0.0495. The van der Waals surface area contributed by atoms with Crippen molar-refractivity contribution < 1.29 is 21.6 Å². The Balaban J connectivity index is 2.95. The van der Waals surface area contributed by atoms with Crippen LogP contribution in [0.3, 0.4) is 0 Å². The number of alkyl halides is 3. The number of benzene rings is 1. The minimum Gasteiger partial charge on any atom is -0.236 e. The van der Waals surface area contributed by atoms with Crippen molar-refractivity contribution in [2.75, 3.05) is 13.6 Å². The molecule has 1 aromatic carbocycles. The lowest BCUT2D eigenvalue weighted by Crippen LogP contribution is -2.28. The molecule has 0 N–H and O–H groups in total. The fourth-order valence-electron chi connectivity index (χ4n) is 1.52. The maximum absolute atomic E-state index is 13.2. The third-order valence-corrected chi connectivity index (χ3v) is 4.38. The molecule has 0 aliphatic heterocycles. The zero-order valence-corrected chi connectivity index (χ0v) is 11.4. The maximum atomic E-state index is 13.2. The number of halogens is 3. The molecule has 0 aliphatic rings. The Morgan fingerprint density at radius 3 is 2.55 bits per heavy atom. The molecule has 8 heteroatoms. The first-order valence-electron chi connectivity index (χ1n) is 5.60. The topological polar surface area (TPSA) is 61.2 Å². The Kier molecular flexibility index (Phi) is 5.53. The molecule has 4 nitrogen and oxygen atoms in total. The fourth-order valence-corrected chi connectivity index (χ4v) is 2.59. The first-order chi connectivity index (χ1) is 9.27. The van der Waals surface area contributed by atoms with Gasteiger partial charge in [0.05, 0.1) is 11.8 Å². The highest BCUT2D eigenvalue weighted by Crippen LogP contribution is 2.25. The normalized spacial score (nSPS) is 13.4. The largest absolute Gasteiger partial charge is 0.273 e. The molecule has 1 unspecified atom stereocenters. The second-order valence-corrected chi connectivity index (χ2v) is 6.23. The summed E-state index contributed by atoms with van der Waals surface area (Å²) in [5.41, 5.74) is -0.0776. The summed E-state index contributed by atoms with van der Waals surface area (Å²) in [5, 5.41) is 8.46. The van der Waals surface area contributed by atoms with Crippen LogP contribution in [0.25, 0.3) is 0 Å². The molecule has 20 heavy (non-hydrogen) atoms. The molecule has 0 fully saturated rings. The van der Waals surface area contributed by atoms with Gasteiger partial charge < -0.3 is 0 Å². The Morgan fingerprint density at radius 1 is 1.35 bits per heavy atom. The van der Waals surface area contributed by atoms with Gasteiger partial charge in [-0.25, -0.2) is 21.6 Å². The minimum atomic E-state index is -3.74. The molecular weight excluding hydrogens is 293 g/mol. The molecule has 1 aromatic rings. The third kappa shape index (κ3) is 4.21. The SMILES string of the molecule is CN(CC#N)S(=O)(=O)Cc1cccc(C(F)C(F)F)c1. The first kappa shape index (κ1) is 16.5. The monoisotopic (exact) mass is 306 g/mol. The van der Waals surface area contributed by atoms with Crippen molar-refractivity contribution in [1.82, 2.24) is 4.31 Å². The summed E-state index contributed by atoms with van der Waals surface area (Å²) < 4.78 is 62.3. The predicted molar refractivity (Wildman–Crippen MR) is 67.2 cm³/mol. The summed E-state index contributed by atoms with van der Waals surface area (Å²) in [6, 6.07) is 6.68. The quantitative estimate of drug-likeness (QED) is 0.757. The molecule has 0 saturated carbocycles. The van der Waals surface area contributed by atoms with Crippen LogP contribution < -0.4 is 0 Å². The molecule has 1 rings (SSSR count). The maximum Gasteiger partial charge on any atom is 0.273 e. The van der Waals surface area contributed by atoms with Crippen LogP contribution in [0.1, 0.15) is 17.3 Å². The van der Waals surface area contributed by atoms with E-state index >= 15 is 0 Å². The Hall–Kier alpha value is -1.59. The molecule has 0 amide bonds. The van der Waals surface area contributed by atoms with Gasteiger partial charge in [0.1, 0.15) is 6.54 Å². The lowest BCUT2D eigenvalue weighted by atomic mass is 10.1. The van der Waals surface area contributed by atoms with Crippen molar-refractivity contribution in [3.63, 3.8) is 0 Å². The smallest absolute Gasteiger partial charge is 0.236 e. The molecule has 0 heterocycles. The number of hydrogen-bond acceptors (Lipinski definition) is 3. The Bertz CT molecular complexity index is 599. The Labute approximate surface area is 115 Å². The van der Waals surface area contributed by atoms with Gasteiger partial charge in [-0.1, -0.05) is 24.3 Å². The van der Waals surface area contributed by atoms with Crippen LogP contribution in [0.4, 0.5) is 13.2 Å². The van der Waals surface area contributed by atoms with Gasteiger partial charge in [-0.15, -0.1) is 0 Å². The molecule has 110 valence electrons. The standard InChI is InChI=1S/C12H13F3N2O2S/c1-17(6-5-16)20(18,19)8-9-3-2-4-10(7-9)11(13)12(14)15/h2-4,7,11-12H,6,8H2,1H3. The van der Waals surface area contributed by atoms with E-state index in [1.807, 2.05) is 0 Å². The highest BCUT2D eigenvalue weighted by molar-refractivity contribution is 7.88. The average Bonchev–Trinajstić information content (AvgIpc) is 2.37. The van der Waals surface area contributed by atoms with Gasteiger partial charge in [0.15, 0.2) is 6.17 Å². The van der Waals surface area contributed by atoms with Crippen LogP contribution in [0.15, 0.2) is 24.3 Å². The van der Waals surface area contributed by atoms with E-state index in [0.717, 1.165) is 10.4 Å². The molecule has 0 aromatic heterocycles. The number of rotatable bonds is 6. The predicted octanol–water partition coefficient (Wildman–Crippen LogP) is 2.25. The van der Waals surface area contributed by atoms with E-state index in [4.69, 9.17) is 5.26 Å². The van der Waals surface area contributed by atoms with Gasteiger partial charge >= 0.3 is 0 Å². The second kappa shape index (κ2) is 6.72.